The third-order valence-corrected chi connectivity index (χ3v) is 3.62. The van der Waals surface area contributed by atoms with Gasteiger partial charge in [0.25, 0.3) is 0 Å². The fourth-order valence-corrected chi connectivity index (χ4v) is 2.79. The zero-order valence-electron chi connectivity index (χ0n) is 7.67. The van der Waals surface area contributed by atoms with Gasteiger partial charge in [-0.15, -0.1) is 0 Å². The van der Waals surface area contributed by atoms with Crippen LogP contribution < -0.4 is 5.73 Å². The topological polar surface area (TPSA) is 46.3 Å². The molecule has 12 heavy (non-hydrogen) atoms. The molecule has 1 fully saturated rings. The standard InChI is InChI=1S/C8H16N2OS/c1-10(2)8(7(9)11)3-5-12-6-4-8/h3-6H2,1-2H3,(H2,9,11). The Kier molecular flexibility index (Phi) is 3.01. The Balaban J connectivity index is 2.77. The van der Waals surface area contributed by atoms with Gasteiger partial charge in [0, 0.05) is 0 Å². The maximum Gasteiger partial charge on any atom is 0.237 e. The Morgan fingerprint density at radius 3 is 2.17 bits per heavy atom. The van der Waals surface area contributed by atoms with E-state index in [1.54, 1.807) is 0 Å². The SMILES string of the molecule is CN(C)C1(C(N)=O)CCSCC1. The number of hydrogen-bond donors (Lipinski definition) is 1. The molecule has 3 nitrogen and oxygen atoms in total. The third kappa shape index (κ3) is 1.59. The maximum atomic E-state index is 11.3. The number of carbonyl (C=O) groups is 1. The number of rotatable bonds is 2. The highest BCUT2D eigenvalue weighted by Gasteiger charge is 2.39. The summed E-state index contributed by atoms with van der Waals surface area (Å²) in [5, 5.41) is 0. The Morgan fingerprint density at radius 1 is 1.42 bits per heavy atom. The smallest absolute Gasteiger partial charge is 0.237 e. The molecule has 1 rings (SSSR count). The minimum absolute atomic E-state index is 0.173. The van der Waals surface area contributed by atoms with Gasteiger partial charge in [0.05, 0.1) is 0 Å². The molecule has 1 amide bonds. The van der Waals surface area contributed by atoms with Crippen LogP contribution in [0.3, 0.4) is 0 Å². The lowest BCUT2D eigenvalue weighted by Gasteiger charge is -2.39. The molecule has 1 aliphatic rings. The highest BCUT2D eigenvalue weighted by molar-refractivity contribution is 7.99. The molecule has 0 aliphatic carbocycles. The highest BCUT2D eigenvalue weighted by atomic mass is 32.2. The van der Waals surface area contributed by atoms with E-state index < -0.39 is 0 Å². The fourth-order valence-electron chi connectivity index (χ4n) is 1.62. The van der Waals surface area contributed by atoms with Crippen LogP contribution in [0.5, 0.6) is 0 Å². The summed E-state index contributed by atoms with van der Waals surface area (Å²) in [6, 6.07) is 0. The first-order valence-electron chi connectivity index (χ1n) is 4.15. The van der Waals surface area contributed by atoms with Crippen molar-refractivity contribution in [2.75, 3.05) is 25.6 Å². The van der Waals surface area contributed by atoms with E-state index in [0.717, 1.165) is 24.3 Å². The van der Waals surface area contributed by atoms with Crippen molar-refractivity contribution in [3.63, 3.8) is 0 Å². The van der Waals surface area contributed by atoms with Crippen LogP contribution in [-0.4, -0.2) is 41.9 Å². The zero-order valence-corrected chi connectivity index (χ0v) is 8.49. The Morgan fingerprint density at radius 2 is 1.92 bits per heavy atom. The van der Waals surface area contributed by atoms with E-state index in [4.69, 9.17) is 5.73 Å². The largest absolute Gasteiger partial charge is 0.368 e. The average Bonchev–Trinajstić information content (AvgIpc) is 2.05. The molecule has 1 aliphatic heterocycles. The van der Waals surface area contributed by atoms with Gasteiger partial charge < -0.3 is 5.73 Å². The van der Waals surface area contributed by atoms with Gasteiger partial charge in [0.15, 0.2) is 0 Å². The predicted molar refractivity (Wildman–Crippen MR) is 52.2 cm³/mol. The minimum Gasteiger partial charge on any atom is -0.368 e. The van der Waals surface area contributed by atoms with Crippen LogP contribution in [0.1, 0.15) is 12.8 Å². The monoisotopic (exact) mass is 188 g/mol. The number of thioether (sulfide) groups is 1. The molecule has 4 heteroatoms. The van der Waals surface area contributed by atoms with Gasteiger partial charge in [-0.05, 0) is 38.4 Å². The fraction of sp³-hybridized carbons (Fsp3) is 0.875. The second-order valence-electron chi connectivity index (χ2n) is 3.40. The van der Waals surface area contributed by atoms with E-state index in [0.29, 0.717) is 0 Å². The molecule has 0 atom stereocenters. The van der Waals surface area contributed by atoms with Crippen molar-refractivity contribution >= 4 is 17.7 Å². The van der Waals surface area contributed by atoms with Crippen molar-refractivity contribution in [2.45, 2.75) is 18.4 Å². The van der Waals surface area contributed by atoms with Crippen LogP contribution in [0.15, 0.2) is 0 Å². The molecule has 1 heterocycles. The van der Waals surface area contributed by atoms with E-state index in [-0.39, 0.29) is 11.4 Å². The molecular formula is C8H16N2OS. The second-order valence-corrected chi connectivity index (χ2v) is 4.63. The maximum absolute atomic E-state index is 11.3. The van der Waals surface area contributed by atoms with E-state index in [2.05, 4.69) is 0 Å². The normalized spacial score (nSPS) is 22.6. The molecule has 0 radical (unpaired) electrons. The zero-order chi connectivity index (χ0) is 9.19. The van der Waals surface area contributed by atoms with E-state index in [1.165, 1.54) is 0 Å². The molecule has 1 saturated heterocycles. The lowest BCUT2D eigenvalue weighted by molar-refractivity contribution is -0.129. The molecule has 0 spiro atoms. The third-order valence-electron chi connectivity index (χ3n) is 2.63. The summed E-state index contributed by atoms with van der Waals surface area (Å²) in [6.45, 7) is 0. The molecule has 0 aromatic heterocycles. The number of amides is 1. The van der Waals surface area contributed by atoms with Gasteiger partial charge in [-0.3, -0.25) is 9.69 Å². The second kappa shape index (κ2) is 3.66. The average molecular weight is 188 g/mol. The van der Waals surface area contributed by atoms with Crippen molar-refractivity contribution in [3.05, 3.63) is 0 Å². The van der Waals surface area contributed by atoms with Crippen molar-refractivity contribution in [1.29, 1.82) is 0 Å². The van der Waals surface area contributed by atoms with E-state index in [9.17, 15) is 4.79 Å². The molecular weight excluding hydrogens is 172 g/mol. The number of primary amides is 1. The number of nitrogens with two attached hydrogens (primary N) is 1. The molecule has 0 aromatic carbocycles. The Hall–Kier alpha value is -0.220. The van der Waals surface area contributed by atoms with Crippen LogP contribution >= 0.6 is 11.8 Å². The lowest BCUT2D eigenvalue weighted by atomic mass is 9.90. The summed E-state index contributed by atoms with van der Waals surface area (Å²) in [5.41, 5.74) is 5.04. The molecule has 0 aromatic rings. The summed E-state index contributed by atoms with van der Waals surface area (Å²) in [6.07, 6.45) is 1.78. The Labute approximate surface area is 77.7 Å². The lowest BCUT2D eigenvalue weighted by Crippen LogP contribution is -2.56. The summed E-state index contributed by atoms with van der Waals surface area (Å²) < 4.78 is 0. The van der Waals surface area contributed by atoms with E-state index >= 15 is 0 Å². The van der Waals surface area contributed by atoms with Crippen molar-refractivity contribution in [3.8, 4) is 0 Å². The highest BCUT2D eigenvalue weighted by Crippen LogP contribution is 2.30. The van der Waals surface area contributed by atoms with Gasteiger partial charge in [-0.25, -0.2) is 0 Å². The molecule has 0 bridgehead atoms. The first kappa shape index (κ1) is 9.86. The molecule has 70 valence electrons. The molecule has 2 N–H and O–H groups in total. The number of likely N-dealkylation sites (N-methyl/N-ethyl adjacent to an activating group) is 1. The molecule has 0 saturated carbocycles. The first-order valence-corrected chi connectivity index (χ1v) is 5.30. The van der Waals surface area contributed by atoms with Crippen LogP contribution in [0, 0.1) is 0 Å². The van der Waals surface area contributed by atoms with E-state index in [1.807, 2.05) is 30.8 Å². The van der Waals surface area contributed by atoms with Crippen LogP contribution in [-0.2, 0) is 4.79 Å². The Bertz CT molecular complexity index is 176. The van der Waals surface area contributed by atoms with Crippen LogP contribution in [0.4, 0.5) is 0 Å². The van der Waals surface area contributed by atoms with Gasteiger partial charge in [0.2, 0.25) is 5.91 Å². The van der Waals surface area contributed by atoms with Gasteiger partial charge in [-0.1, -0.05) is 0 Å². The van der Waals surface area contributed by atoms with Gasteiger partial charge in [-0.2, -0.15) is 11.8 Å². The van der Waals surface area contributed by atoms with Crippen molar-refractivity contribution < 1.29 is 4.79 Å². The number of hydrogen-bond acceptors (Lipinski definition) is 3. The quantitative estimate of drug-likeness (QED) is 0.678. The summed E-state index contributed by atoms with van der Waals surface area (Å²) >= 11 is 1.90. The first-order chi connectivity index (χ1) is 5.59. The van der Waals surface area contributed by atoms with Crippen LogP contribution in [0.2, 0.25) is 0 Å². The number of carbonyl (C=O) groups excluding carboxylic acids is 1. The minimum atomic E-state index is -0.370. The predicted octanol–water partition coefficient (Wildman–Crippen LogP) is 0.299. The van der Waals surface area contributed by atoms with Gasteiger partial charge in [0.1, 0.15) is 5.54 Å². The van der Waals surface area contributed by atoms with Crippen molar-refractivity contribution in [1.82, 2.24) is 4.90 Å². The molecule has 0 unspecified atom stereocenters. The van der Waals surface area contributed by atoms with Crippen molar-refractivity contribution in [2.24, 2.45) is 5.73 Å². The van der Waals surface area contributed by atoms with Crippen LogP contribution in [0.25, 0.3) is 0 Å². The summed E-state index contributed by atoms with van der Waals surface area (Å²) in [7, 11) is 3.86. The summed E-state index contributed by atoms with van der Waals surface area (Å²) in [4.78, 5) is 13.3. The van der Waals surface area contributed by atoms with Gasteiger partial charge >= 0.3 is 0 Å². The number of nitrogens with zero attached hydrogens (tertiary/aromatic N) is 1. The summed E-state index contributed by atoms with van der Waals surface area (Å²) in [5.74, 6) is 1.91.